The second-order valence-corrected chi connectivity index (χ2v) is 9.17. The fourth-order valence-corrected chi connectivity index (χ4v) is 2.96. The zero-order chi connectivity index (χ0) is 26.9. The monoisotopic (exact) mass is 605 g/mol. The zero-order valence-corrected chi connectivity index (χ0v) is 22.1. The Bertz CT molecular complexity index is 514. The van der Waals surface area contributed by atoms with E-state index in [0.717, 1.165) is 65.2 Å². The Labute approximate surface area is 219 Å². The predicted molar refractivity (Wildman–Crippen MR) is 99.9 cm³/mol. The van der Waals surface area contributed by atoms with Crippen molar-refractivity contribution in [3.05, 3.63) is 0 Å². The first-order chi connectivity index (χ1) is 15.4. The summed E-state index contributed by atoms with van der Waals surface area (Å²) in [4.78, 5) is 31.3. The van der Waals surface area contributed by atoms with Gasteiger partial charge < -0.3 is 21.3 Å². The van der Waals surface area contributed by atoms with Crippen molar-refractivity contribution < 1.29 is 84.4 Å². The first-order valence-corrected chi connectivity index (χ1v) is 12.5. The molecule has 0 atom stereocenters. The van der Waals surface area contributed by atoms with Crippen LogP contribution >= 0.6 is 0 Å². The van der Waals surface area contributed by atoms with E-state index < -0.39 is 20.5 Å². The predicted octanol–water partition coefficient (Wildman–Crippen LogP) is -10.0. The van der Waals surface area contributed by atoms with Crippen molar-refractivity contribution in [3.63, 3.8) is 0 Å². The van der Waals surface area contributed by atoms with Crippen LogP contribution in [0.4, 0.5) is 0 Å². The molecule has 1 aliphatic rings. The third-order valence-corrected chi connectivity index (χ3v) is 4.38. The van der Waals surface area contributed by atoms with Gasteiger partial charge in [-0.05, 0) is 53.1 Å². The van der Waals surface area contributed by atoms with Crippen LogP contribution < -0.4 is 39.4 Å². The number of nitrogens with two attached hydrogens (primary N) is 2. The molecule has 0 aromatic rings. The molecule has 0 bridgehead atoms. The molecule has 0 spiro atoms. The number of likely N-dealkylation sites (N-methyl/N-ethyl adjacent to an activating group) is 2. The molecule has 0 unspecified atom stereocenters. The van der Waals surface area contributed by atoms with Gasteiger partial charge in [-0.15, -0.1) is 0 Å². The Morgan fingerprint density at radius 2 is 0.914 bits per heavy atom. The van der Waals surface area contributed by atoms with E-state index in [0.29, 0.717) is 0 Å². The molecule has 215 valence electrons. The SMILES string of the molecule is CN1CCCN(CC(N)=O)CCN(CC(N)=O)CCCN(C)CC1.[Cu].[O-][Cl+3]([O-])([O-])O.[O-][Cl+3]([O-])([O-])O. The summed E-state index contributed by atoms with van der Waals surface area (Å²) in [7, 11) is -5.13. The molecule has 2 amide bonds. The van der Waals surface area contributed by atoms with Crippen LogP contribution in [0.5, 0.6) is 0 Å². The van der Waals surface area contributed by atoms with Crippen molar-refractivity contribution in [2.45, 2.75) is 12.8 Å². The second-order valence-electron chi connectivity index (χ2n) is 7.59. The van der Waals surface area contributed by atoms with Gasteiger partial charge in [-0.3, -0.25) is 19.4 Å². The van der Waals surface area contributed by atoms with Gasteiger partial charge in [0, 0.05) is 43.2 Å². The minimum Gasteiger partial charge on any atom is -0.369 e. The van der Waals surface area contributed by atoms with E-state index in [1.807, 2.05) is 0 Å². The Morgan fingerprint density at radius 1 is 0.657 bits per heavy atom. The number of primary amides is 2. The quantitative estimate of drug-likeness (QED) is 0.216. The van der Waals surface area contributed by atoms with Crippen molar-refractivity contribution in [2.75, 3.05) is 79.5 Å². The van der Waals surface area contributed by atoms with Gasteiger partial charge in [-0.2, -0.15) is 28.0 Å². The van der Waals surface area contributed by atoms with Crippen LogP contribution in [0.1, 0.15) is 12.8 Å². The number of hydrogen-bond acceptors (Lipinski definition) is 14. The number of rotatable bonds is 4. The summed E-state index contributed by atoms with van der Waals surface area (Å²) in [5.41, 5.74) is 10.7. The standard InChI is InChI=1S/C16H34N6O2.2ClHO4.Cu/c1-19-5-3-7-21(13-15(17)23)11-12-22(14-16(18)24)8-4-6-20(2)10-9-19;2*2-1(3,4)5;/h3-14H2,1-2H3,(H2,17,23)(H2,18,24);2*(H,2,3,4,5);. The van der Waals surface area contributed by atoms with Gasteiger partial charge in [0.2, 0.25) is 11.8 Å². The van der Waals surface area contributed by atoms with E-state index in [9.17, 15) is 9.59 Å². The molecule has 35 heavy (non-hydrogen) atoms. The van der Waals surface area contributed by atoms with Gasteiger partial charge in [-0.1, -0.05) is 0 Å². The average molecular weight is 607 g/mol. The summed E-state index contributed by atoms with van der Waals surface area (Å²) in [6, 6.07) is 0. The zero-order valence-electron chi connectivity index (χ0n) is 19.6. The molecule has 6 N–H and O–H groups in total. The number of hydrogen-bond donors (Lipinski definition) is 4. The van der Waals surface area contributed by atoms with Crippen LogP contribution in [0, 0.1) is 20.5 Å². The number of carbonyl (C=O) groups excluding carboxylic acids is 2. The van der Waals surface area contributed by atoms with Crippen molar-refractivity contribution >= 4 is 11.8 Å². The molecule has 1 aliphatic heterocycles. The Morgan fingerprint density at radius 3 is 1.14 bits per heavy atom. The van der Waals surface area contributed by atoms with Gasteiger partial charge in [-0.25, -0.2) is 0 Å². The molecule has 0 aromatic heterocycles. The molecular formula is C16H36Cl2CuN6O10. The fraction of sp³-hybridized carbons (Fsp3) is 0.875. The first kappa shape index (κ1) is 39.1. The maximum absolute atomic E-state index is 11.3. The summed E-state index contributed by atoms with van der Waals surface area (Å²) in [6.07, 6.45) is 1.98. The van der Waals surface area contributed by atoms with E-state index in [1.165, 1.54) is 0 Å². The summed E-state index contributed by atoms with van der Waals surface area (Å²) >= 11 is 0. The van der Waals surface area contributed by atoms with Gasteiger partial charge in [0.15, 0.2) is 0 Å². The number of amides is 2. The molecule has 1 fully saturated rings. The van der Waals surface area contributed by atoms with E-state index in [1.54, 1.807) is 0 Å². The maximum Gasteiger partial charge on any atom is 0.231 e. The summed E-state index contributed by atoms with van der Waals surface area (Å²) in [5.74, 6) is -0.625. The molecule has 1 saturated heterocycles. The van der Waals surface area contributed by atoms with E-state index in [2.05, 4.69) is 33.7 Å². The van der Waals surface area contributed by atoms with Crippen molar-refractivity contribution in [1.29, 1.82) is 0 Å². The number of carbonyl (C=O) groups is 2. The molecular weight excluding hydrogens is 571 g/mol. The molecule has 16 nitrogen and oxygen atoms in total. The molecule has 1 radical (unpaired) electrons. The number of nitrogens with zero attached hydrogens (tertiary/aromatic N) is 4. The van der Waals surface area contributed by atoms with Crippen molar-refractivity contribution in [3.8, 4) is 0 Å². The van der Waals surface area contributed by atoms with Crippen LogP contribution in [0.2, 0.25) is 0 Å². The second kappa shape index (κ2) is 20.6. The molecule has 19 heteroatoms. The smallest absolute Gasteiger partial charge is 0.231 e. The minimum absolute atomic E-state index is 0. The van der Waals surface area contributed by atoms with E-state index >= 15 is 0 Å². The molecule has 0 aliphatic carbocycles. The van der Waals surface area contributed by atoms with E-state index in [-0.39, 0.29) is 42.0 Å². The normalized spacial score (nSPS) is 18.6. The van der Waals surface area contributed by atoms with Crippen LogP contribution in [0.25, 0.3) is 0 Å². The Hall–Kier alpha value is -0.441. The third kappa shape index (κ3) is 38.3. The molecule has 0 aromatic carbocycles. The van der Waals surface area contributed by atoms with Crippen LogP contribution in [-0.2, 0) is 26.7 Å². The Kier molecular flexibility index (Phi) is 23.0. The van der Waals surface area contributed by atoms with Gasteiger partial charge in [0.1, 0.15) is 0 Å². The van der Waals surface area contributed by atoms with Crippen LogP contribution in [0.3, 0.4) is 0 Å². The van der Waals surface area contributed by atoms with Crippen LogP contribution in [-0.4, -0.2) is 120 Å². The maximum atomic E-state index is 11.3. The average Bonchev–Trinajstić information content (AvgIpc) is 2.59. The van der Waals surface area contributed by atoms with Crippen molar-refractivity contribution in [1.82, 2.24) is 19.6 Å². The third-order valence-electron chi connectivity index (χ3n) is 4.38. The van der Waals surface area contributed by atoms with Crippen LogP contribution in [0.15, 0.2) is 0 Å². The summed E-state index contributed by atoms with van der Waals surface area (Å²) in [6.45, 7) is 7.65. The van der Waals surface area contributed by atoms with Crippen molar-refractivity contribution in [2.24, 2.45) is 11.5 Å². The van der Waals surface area contributed by atoms with Gasteiger partial charge in [0.25, 0.3) is 0 Å². The molecule has 1 rings (SSSR count). The summed E-state index contributed by atoms with van der Waals surface area (Å²) in [5, 5.41) is 0. The first-order valence-electron chi connectivity index (χ1n) is 10.0. The Balaban J connectivity index is -0.000000784. The molecule has 0 saturated carbocycles. The fourth-order valence-electron chi connectivity index (χ4n) is 2.96. The summed E-state index contributed by atoms with van der Waals surface area (Å²) < 4.78 is 65.4. The number of halogens is 2. The van der Waals surface area contributed by atoms with Gasteiger partial charge >= 0.3 is 0 Å². The largest absolute Gasteiger partial charge is 0.369 e. The topological polar surface area (TPSA) is 278 Å². The van der Waals surface area contributed by atoms with E-state index in [4.69, 9.17) is 48.7 Å². The van der Waals surface area contributed by atoms with Gasteiger partial charge in [0.05, 0.1) is 42.9 Å². The molecule has 1 heterocycles. The minimum atomic E-state index is -4.69.